The van der Waals surface area contributed by atoms with Crippen LogP contribution in [0.15, 0.2) is 83.9 Å². The van der Waals surface area contributed by atoms with Crippen LogP contribution >= 0.6 is 0 Å². The molecule has 8 nitrogen and oxygen atoms in total. The Morgan fingerprint density at radius 3 is 2.69 bits per heavy atom. The van der Waals surface area contributed by atoms with Gasteiger partial charge in [-0.2, -0.15) is 5.10 Å². The van der Waals surface area contributed by atoms with Crippen molar-refractivity contribution >= 4 is 17.5 Å². The van der Waals surface area contributed by atoms with E-state index in [1.165, 1.54) is 12.5 Å². The van der Waals surface area contributed by atoms with Crippen LogP contribution in [0.3, 0.4) is 0 Å². The van der Waals surface area contributed by atoms with Gasteiger partial charge in [0.05, 0.1) is 11.8 Å². The molecule has 0 aliphatic rings. The summed E-state index contributed by atoms with van der Waals surface area (Å²) in [5.74, 6) is 0.287. The summed E-state index contributed by atoms with van der Waals surface area (Å²) >= 11 is 0. The smallest absolute Gasteiger partial charge is 0.291 e. The van der Waals surface area contributed by atoms with E-state index in [0.717, 1.165) is 5.56 Å². The predicted octanol–water partition coefficient (Wildman–Crippen LogP) is 3.04. The van der Waals surface area contributed by atoms with E-state index in [9.17, 15) is 9.59 Å². The third kappa shape index (κ3) is 4.38. The Kier molecular flexibility index (Phi) is 5.15. The van der Waals surface area contributed by atoms with Crippen LogP contribution in [0.25, 0.3) is 5.82 Å². The van der Waals surface area contributed by atoms with E-state index in [1.54, 1.807) is 65.6 Å². The molecule has 0 aliphatic heterocycles. The topological polar surface area (TPSA) is 102 Å². The van der Waals surface area contributed by atoms with Gasteiger partial charge in [-0.1, -0.05) is 12.1 Å². The molecule has 3 heterocycles. The zero-order chi connectivity index (χ0) is 20.1. The molecule has 0 saturated heterocycles. The maximum absolute atomic E-state index is 12.4. The number of rotatable bonds is 6. The van der Waals surface area contributed by atoms with Crippen molar-refractivity contribution in [2.24, 2.45) is 0 Å². The van der Waals surface area contributed by atoms with Crippen LogP contribution < -0.4 is 10.6 Å². The lowest BCUT2D eigenvalue weighted by Crippen LogP contribution is -2.23. The number of hydrogen-bond donors (Lipinski definition) is 2. The van der Waals surface area contributed by atoms with E-state index < -0.39 is 0 Å². The fourth-order valence-electron chi connectivity index (χ4n) is 2.70. The molecule has 0 unspecified atom stereocenters. The fraction of sp³-hybridized carbons (Fsp3) is 0.0476. The number of carbonyl (C=O) groups excluding carboxylic acids is 2. The van der Waals surface area contributed by atoms with Crippen LogP contribution in [-0.2, 0) is 6.54 Å². The SMILES string of the molecule is O=C(NCc1cccc(NC(=O)c2ccco2)c1)c1ccc(-n2cccn2)nc1. The predicted molar refractivity (Wildman–Crippen MR) is 106 cm³/mol. The molecule has 3 aromatic heterocycles. The molecule has 0 radical (unpaired) electrons. The molecule has 0 spiro atoms. The molecule has 4 aromatic rings. The summed E-state index contributed by atoms with van der Waals surface area (Å²) in [6.07, 6.45) is 6.39. The molecular formula is C21H17N5O3. The van der Waals surface area contributed by atoms with Crippen molar-refractivity contribution in [2.45, 2.75) is 6.54 Å². The molecule has 0 aliphatic carbocycles. The lowest BCUT2D eigenvalue weighted by Gasteiger charge is -2.08. The van der Waals surface area contributed by atoms with E-state index in [2.05, 4.69) is 20.7 Å². The number of pyridine rings is 1. The van der Waals surface area contributed by atoms with E-state index >= 15 is 0 Å². The van der Waals surface area contributed by atoms with E-state index in [1.807, 2.05) is 6.07 Å². The normalized spacial score (nSPS) is 10.5. The second kappa shape index (κ2) is 8.22. The Hall–Kier alpha value is -4.20. The molecule has 8 heteroatoms. The Bertz CT molecular complexity index is 1100. The van der Waals surface area contributed by atoms with E-state index in [0.29, 0.717) is 23.6 Å². The van der Waals surface area contributed by atoms with Gasteiger partial charge in [0.1, 0.15) is 0 Å². The molecule has 2 amide bonds. The van der Waals surface area contributed by atoms with Gasteiger partial charge in [-0.05, 0) is 48.0 Å². The van der Waals surface area contributed by atoms with Crippen molar-refractivity contribution < 1.29 is 14.0 Å². The van der Waals surface area contributed by atoms with Crippen molar-refractivity contribution in [2.75, 3.05) is 5.32 Å². The average Bonchev–Trinajstić information content (AvgIpc) is 3.47. The van der Waals surface area contributed by atoms with Crippen molar-refractivity contribution in [1.82, 2.24) is 20.1 Å². The summed E-state index contributed by atoms with van der Waals surface area (Å²) in [7, 11) is 0. The zero-order valence-corrected chi connectivity index (χ0v) is 15.3. The van der Waals surface area contributed by atoms with Crippen LogP contribution in [0.2, 0.25) is 0 Å². The number of nitrogens with zero attached hydrogens (tertiary/aromatic N) is 3. The lowest BCUT2D eigenvalue weighted by atomic mass is 10.2. The second-order valence-corrected chi connectivity index (χ2v) is 6.17. The van der Waals surface area contributed by atoms with E-state index in [4.69, 9.17) is 4.42 Å². The van der Waals surface area contributed by atoms with Gasteiger partial charge in [-0.3, -0.25) is 9.59 Å². The summed E-state index contributed by atoms with van der Waals surface area (Å²) in [5, 5.41) is 9.70. The first-order chi connectivity index (χ1) is 14.2. The molecule has 2 N–H and O–H groups in total. The Labute approximate surface area is 166 Å². The van der Waals surface area contributed by atoms with Crippen molar-refractivity contribution in [3.8, 4) is 5.82 Å². The van der Waals surface area contributed by atoms with Gasteiger partial charge in [-0.25, -0.2) is 9.67 Å². The maximum Gasteiger partial charge on any atom is 0.291 e. The monoisotopic (exact) mass is 387 g/mol. The highest BCUT2D eigenvalue weighted by Gasteiger charge is 2.10. The summed E-state index contributed by atoms with van der Waals surface area (Å²) in [5.41, 5.74) is 1.91. The van der Waals surface area contributed by atoms with Gasteiger partial charge >= 0.3 is 0 Å². The third-order valence-corrected chi connectivity index (χ3v) is 4.13. The molecule has 29 heavy (non-hydrogen) atoms. The highest BCUT2D eigenvalue weighted by Crippen LogP contribution is 2.13. The van der Waals surface area contributed by atoms with Crippen LogP contribution in [0.4, 0.5) is 5.69 Å². The molecule has 0 bridgehead atoms. The number of hydrogen-bond acceptors (Lipinski definition) is 5. The Morgan fingerprint density at radius 1 is 1.03 bits per heavy atom. The summed E-state index contributed by atoms with van der Waals surface area (Å²) in [6, 6.07) is 15.7. The van der Waals surface area contributed by atoms with Gasteiger partial charge in [0.15, 0.2) is 11.6 Å². The maximum atomic E-state index is 12.4. The van der Waals surface area contributed by atoms with Crippen LogP contribution in [-0.4, -0.2) is 26.6 Å². The van der Waals surface area contributed by atoms with Crippen molar-refractivity contribution in [3.05, 3.63) is 96.3 Å². The second-order valence-electron chi connectivity index (χ2n) is 6.17. The number of aromatic nitrogens is 3. The van der Waals surface area contributed by atoms with Crippen LogP contribution in [0.5, 0.6) is 0 Å². The summed E-state index contributed by atoms with van der Waals surface area (Å²) in [6.45, 7) is 0.310. The van der Waals surface area contributed by atoms with Crippen molar-refractivity contribution in [3.63, 3.8) is 0 Å². The number of anilines is 1. The van der Waals surface area contributed by atoms with Gasteiger partial charge in [0.2, 0.25) is 0 Å². The summed E-state index contributed by atoms with van der Waals surface area (Å²) in [4.78, 5) is 28.7. The third-order valence-electron chi connectivity index (χ3n) is 4.13. The molecule has 0 saturated carbocycles. The largest absolute Gasteiger partial charge is 0.459 e. The lowest BCUT2D eigenvalue weighted by molar-refractivity contribution is 0.0949. The minimum absolute atomic E-state index is 0.231. The van der Waals surface area contributed by atoms with Gasteiger partial charge in [0.25, 0.3) is 11.8 Å². The minimum atomic E-state index is -0.334. The Morgan fingerprint density at radius 2 is 1.97 bits per heavy atom. The first kappa shape index (κ1) is 18.2. The number of nitrogens with one attached hydrogen (secondary N) is 2. The van der Waals surface area contributed by atoms with E-state index in [-0.39, 0.29) is 17.6 Å². The first-order valence-electron chi connectivity index (χ1n) is 8.87. The molecule has 0 atom stereocenters. The fourth-order valence-corrected chi connectivity index (χ4v) is 2.70. The molecule has 144 valence electrons. The average molecular weight is 387 g/mol. The number of benzene rings is 1. The van der Waals surface area contributed by atoms with Gasteiger partial charge in [0, 0.05) is 30.8 Å². The van der Waals surface area contributed by atoms with Crippen LogP contribution in [0.1, 0.15) is 26.5 Å². The molecular weight excluding hydrogens is 370 g/mol. The quantitative estimate of drug-likeness (QED) is 0.529. The highest BCUT2D eigenvalue weighted by molar-refractivity contribution is 6.02. The number of amides is 2. The molecule has 0 fully saturated rings. The summed E-state index contributed by atoms with van der Waals surface area (Å²) < 4.78 is 6.69. The minimum Gasteiger partial charge on any atom is -0.459 e. The number of furan rings is 1. The first-order valence-corrected chi connectivity index (χ1v) is 8.87. The van der Waals surface area contributed by atoms with Gasteiger partial charge in [-0.15, -0.1) is 0 Å². The van der Waals surface area contributed by atoms with Crippen LogP contribution in [0, 0.1) is 0 Å². The standard InChI is InChI=1S/C21H17N5O3/c27-20(16-7-8-19(22-14-16)26-10-3-9-24-26)23-13-15-4-1-5-17(12-15)25-21(28)18-6-2-11-29-18/h1-12,14H,13H2,(H,23,27)(H,25,28). The number of carbonyl (C=O) groups is 2. The zero-order valence-electron chi connectivity index (χ0n) is 15.3. The van der Waals surface area contributed by atoms with Gasteiger partial charge < -0.3 is 15.1 Å². The highest BCUT2D eigenvalue weighted by atomic mass is 16.3. The molecule has 4 rings (SSSR count). The molecule has 1 aromatic carbocycles. The van der Waals surface area contributed by atoms with Crippen molar-refractivity contribution in [1.29, 1.82) is 0 Å². The Balaban J connectivity index is 1.36.